The predicted octanol–water partition coefficient (Wildman–Crippen LogP) is 2.44. The zero-order chi connectivity index (χ0) is 23.1. The molecule has 168 valence electrons. The number of methoxy groups -OCH3 is 2. The number of nitriles is 1. The fourth-order valence-corrected chi connectivity index (χ4v) is 5.01. The largest absolute Gasteiger partial charge is 0.497 e. The van der Waals surface area contributed by atoms with Gasteiger partial charge in [-0.05, 0) is 48.2 Å². The molecule has 0 spiro atoms. The molecular formula is C23H25N3O5S. The van der Waals surface area contributed by atoms with Crippen molar-refractivity contribution in [2.24, 2.45) is 5.92 Å². The lowest BCUT2D eigenvalue weighted by molar-refractivity contribution is -0.117. The number of hydrogen-bond donors (Lipinski definition) is 1. The molecule has 1 amide bonds. The second-order valence-corrected chi connectivity index (χ2v) is 9.29. The molecule has 2 aromatic carbocycles. The van der Waals surface area contributed by atoms with Crippen molar-refractivity contribution in [1.82, 2.24) is 9.62 Å². The van der Waals surface area contributed by atoms with Crippen molar-refractivity contribution >= 4 is 22.0 Å². The second kappa shape index (κ2) is 10.3. The third-order valence-corrected chi connectivity index (χ3v) is 7.13. The Hall–Kier alpha value is -3.35. The van der Waals surface area contributed by atoms with Gasteiger partial charge in [0.15, 0.2) is 0 Å². The third kappa shape index (κ3) is 5.46. The van der Waals surface area contributed by atoms with Crippen molar-refractivity contribution in [2.75, 3.05) is 33.9 Å². The molecule has 1 aliphatic heterocycles. The van der Waals surface area contributed by atoms with E-state index in [4.69, 9.17) is 9.47 Å². The molecule has 8 nitrogen and oxygen atoms in total. The number of carbonyl (C=O) groups excluding carboxylic acids is 1. The third-order valence-electron chi connectivity index (χ3n) is 5.27. The van der Waals surface area contributed by atoms with Crippen LogP contribution in [0, 0.1) is 17.2 Å². The van der Waals surface area contributed by atoms with Crippen molar-refractivity contribution < 1.29 is 22.7 Å². The second-order valence-electron chi connectivity index (χ2n) is 7.35. The van der Waals surface area contributed by atoms with Crippen LogP contribution in [0.1, 0.15) is 12.0 Å². The van der Waals surface area contributed by atoms with Gasteiger partial charge in [-0.1, -0.05) is 18.2 Å². The van der Waals surface area contributed by atoms with E-state index >= 15 is 0 Å². The number of carbonyl (C=O) groups is 1. The summed E-state index contributed by atoms with van der Waals surface area (Å²) in [5.74, 6) is 0.624. The van der Waals surface area contributed by atoms with Crippen LogP contribution in [0.3, 0.4) is 0 Å². The SMILES string of the molecule is COc1ccc(/C=C(\C#N)C(=O)NCC2CCN(S(=O)(=O)c3cccc(OC)c3)C2)cc1. The highest BCUT2D eigenvalue weighted by molar-refractivity contribution is 7.89. The summed E-state index contributed by atoms with van der Waals surface area (Å²) in [6.07, 6.45) is 2.12. The van der Waals surface area contributed by atoms with E-state index in [-0.39, 0.29) is 22.9 Å². The van der Waals surface area contributed by atoms with Gasteiger partial charge >= 0.3 is 0 Å². The highest BCUT2D eigenvalue weighted by Gasteiger charge is 2.33. The Bertz CT molecular complexity index is 1140. The van der Waals surface area contributed by atoms with E-state index in [0.717, 1.165) is 0 Å². The quantitative estimate of drug-likeness (QED) is 0.484. The van der Waals surface area contributed by atoms with E-state index < -0.39 is 15.9 Å². The first-order valence-corrected chi connectivity index (χ1v) is 11.5. The molecule has 1 heterocycles. The molecule has 2 aromatic rings. The minimum atomic E-state index is -3.64. The van der Waals surface area contributed by atoms with Gasteiger partial charge in [-0.3, -0.25) is 4.79 Å². The lowest BCUT2D eigenvalue weighted by atomic mass is 10.1. The average molecular weight is 456 g/mol. The Balaban J connectivity index is 1.59. The summed E-state index contributed by atoms with van der Waals surface area (Å²) in [4.78, 5) is 12.6. The zero-order valence-corrected chi connectivity index (χ0v) is 18.8. The summed E-state index contributed by atoms with van der Waals surface area (Å²) >= 11 is 0. The summed E-state index contributed by atoms with van der Waals surface area (Å²) in [5.41, 5.74) is 0.683. The molecule has 1 N–H and O–H groups in total. The van der Waals surface area contributed by atoms with E-state index in [9.17, 15) is 18.5 Å². The van der Waals surface area contributed by atoms with E-state index in [2.05, 4.69) is 5.32 Å². The smallest absolute Gasteiger partial charge is 0.261 e. The first-order valence-electron chi connectivity index (χ1n) is 10.1. The Morgan fingerprint density at radius 3 is 2.56 bits per heavy atom. The molecule has 1 unspecified atom stereocenters. The first-order chi connectivity index (χ1) is 15.4. The van der Waals surface area contributed by atoms with Gasteiger partial charge in [0.25, 0.3) is 5.91 Å². The van der Waals surface area contributed by atoms with Crippen LogP contribution in [0.4, 0.5) is 0 Å². The normalized spacial score (nSPS) is 16.9. The van der Waals surface area contributed by atoms with Gasteiger partial charge in [0.1, 0.15) is 23.1 Å². The number of hydrogen-bond acceptors (Lipinski definition) is 6. The molecule has 0 bridgehead atoms. The standard InChI is InChI=1S/C23H25N3O5S/c1-30-20-8-6-17(7-9-20)12-19(14-24)23(27)25-15-18-10-11-26(16-18)32(28,29)22-5-3-4-21(13-22)31-2/h3-9,12-13,18H,10-11,15-16H2,1-2H3,(H,25,27)/b19-12+. The van der Waals surface area contributed by atoms with E-state index in [1.165, 1.54) is 29.6 Å². The molecule has 9 heteroatoms. The lowest BCUT2D eigenvalue weighted by Gasteiger charge is -2.17. The Labute approximate surface area is 188 Å². The Kier molecular flexibility index (Phi) is 7.51. The van der Waals surface area contributed by atoms with Crippen LogP contribution in [0.5, 0.6) is 11.5 Å². The van der Waals surface area contributed by atoms with Gasteiger partial charge in [0.05, 0.1) is 19.1 Å². The van der Waals surface area contributed by atoms with Crippen LogP contribution in [0.25, 0.3) is 6.08 Å². The summed E-state index contributed by atoms with van der Waals surface area (Å²) in [6.45, 7) is 0.946. The number of amides is 1. The van der Waals surface area contributed by atoms with Crippen LogP contribution in [-0.4, -0.2) is 52.5 Å². The molecule has 3 rings (SSSR count). The fraction of sp³-hybridized carbons (Fsp3) is 0.304. The van der Waals surface area contributed by atoms with Gasteiger partial charge in [0.2, 0.25) is 10.0 Å². The summed E-state index contributed by atoms with van der Waals surface area (Å²) in [6, 6.07) is 15.3. The fourth-order valence-electron chi connectivity index (χ4n) is 3.44. The maximum atomic E-state index is 12.9. The highest BCUT2D eigenvalue weighted by atomic mass is 32.2. The topological polar surface area (TPSA) is 109 Å². The van der Waals surface area contributed by atoms with Gasteiger partial charge < -0.3 is 14.8 Å². The molecule has 1 saturated heterocycles. The molecule has 1 atom stereocenters. The van der Waals surface area contributed by atoms with E-state index in [1.54, 1.807) is 43.5 Å². The number of sulfonamides is 1. The number of benzene rings is 2. The van der Waals surface area contributed by atoms with Crippen molar-refractivity contribution in [2.45, 2.75) is 11.3 Å². The average Bonchev–Trinajstić information content (AvgIpc) is 3.31. The van der Waals surface area contributed by atoms with Gasteiger partial charge in [0, 0.05) is 25.7 Å². The van der Waals surface area contributed by atoms with Crippen LogP contribution in [0.2, 0.25) is 0 Å². The van der Waals surface area contributed by atoms with Crippen molar-refractivity contribution in [3.05, 3.63) is 59.7 Å². The molecule has 0 aliphatic carbocycles. The molecule has 0 saturated carbocycles. The number of ether oxygens (including phenoxy) is 2. The summed E-state index contributed by atoms with van der Waals surface area (Å²) in [7, 11) is -0.598. The van der Waals surface area contributed by atoms with Gasteiger partial charge in [-0.25, -0.2) is 8.42 Å². The van der Waals surface area contributed by atoms with E-state index in [0.29, 0.717) is 36.6 Å². The van der Waals surface area contributed by atoms with Crippen molar-refractivity contribution in [3.8, 4) is 17.6 Å². The van der Waals surface area contributed by atoms with Crippen LogP contribution >= 0.6 is 0 Å². The molecule has 32 heavy (non-hydrogen) atoms. The van der Waals surface area contributed by atoms with Crippen LogP contribution in [-0.2, 0) is 14.8 Å². The maximum absolute atomic E-state index is 12.9. The van der Waals surface area contributed by atoms with E-state index in [1.807, 2.05) is 6.07 Å². The maximum Gasteiger partial charge on any atom is 0.261 e. The van der Waals surface area contributed by atoms with Crippen molar-refractivity contribution in [1.29, 1.82) is 5.26 Å². The zero-order valence-electron chi connectivity index (χ0n) is 17.9. The number of nitrogens with one attached hydrogen (secondary N) is 1. The van der Waals surface area contributed by atoms with Gasteiger partial charge in [-0.2, -0.15) is 9.57 Å². The highest BCUT2D eigenvalue weighted by Crippen LogP contribution is 2.26. The molecular weight excluding hydrogens is 430 g/mol. The van der Waals surface area contributed by atoms with Crippen molar-refractivity contribution in [3.63, 3.8) is 0 Å². The molecule has 1 aliphatic rings. The number of rotatable bonds is 8. The lowest BCUT2D eigenvalue weighted by Crippen LogP contribution is -2.33. The number of nitrogens with zero attached hydrogens (tertiary/aromatic N) is 2. The minimum absolute atomic E-state index is 0.0194. The summed E-state index contributed by atoms with van der Waals surface area (Å²) in [5, 5.41) is 12.1. The Morgan fingerprint density at radius 1 is 1.19 bits per heavy atom. The van der Waals surface area contributed by atoms with Crippen LogP contribution < -0.4 is 14.8 Å². The first kappa shape index (κ1) is 23.3. The predicted molar refractivity (Wildman–Crippen MR) is 119 cm³/mol. The monoisotopic (exact) mass is 455 g/mol. The van der Waals surface area contributed by atoms with Gasteiger partial charge in [-0.15, -0.1) is 0 Å². The Morgan fingerprint density at radius 2 is 1.91 bits per heavy atom. The molecule has 0 radical (unpaired) electrons. The molecule has 1 fully saturated rings. The van der Waals surface area contributed by atoms with Crippen LogP contribution in [0.15, 0.2) is 59.0 Å². The minimum Gasteiger partial charge on any atom is -0.497 e. The summed E-state index contributed by atoms with van der Waals surface area (Å²) < 4.78 is 37.5. The molecule has 0 aromatic heterocycles.